The van der Waals surface area contributed by atoms with Gasteiger partial charge in [0.05, 0.1) is 0 Å². The van der Waals surface area contributed by atoms with Gasteiger partial charge in [0.15, 0.2) is 0 Å². The van der Waals surface area contributed by atoms with Gasteiger partial charge in [-0.3, -0.25) is 4.79 Å². The van der Waals surface area contributed by atoms with Crippen LogP contribution >= 0.6 is 0 Å². The molecular weight excluding hydrogens is 320 g/mol. The van der Waals surface area contributed by atoms with Crippen molar-refractivity contribution in [2.75, 3.05) is 13.1 Å². The molecule has 2 fully saturated rings. The standard InChI is InChI=1S/C23H28N2O/c1-17(25-22(26)20-16-23(20)12-14-24-15-13-23)21(18-8-4-2-5-9-18)19-10-6-3-7-11-19/h2-11,17,20-21,24H,12-16H2,1H3,(H,25,26)/t17-,20+/m0/s1. The van der Waals surface area contributed by atoms with E-state index in [-0.39, 0.29) is 29.2 Å². The van der Waals surface area contributed by atoms with Crippen LogP contribution in [0.1, 0.15) is 43.2 Å². The summed E-state index contributed by atoms with van der Waals surface area (Å²) in [5, 5.41) is 6.76. The van der Waals surface area contributed by atoms with Crippen molar-refractivity contribution in [3.05, 3.63) is 71.8 Å². The third-order valence-electron chi connectivity index (χ3n) is 6.29. The molecule has 0 radical (unpaired) electrons. The monoisotopic (exact) mass is 348 g/mol. The summed E-state index contributed by atoms with van der Waals surface area (Å²) in [5.74, 6) is 0.625. The van der Waals surface area contributed by atoms with E-state index in [2.05, 4.69) is 66.1 Å². The fraction of sp³-hybridized carbons (Fsp3) is 0.435. The van der Waals surface area contributed by atoms with E-state index >= 15 is 0 Å². The Morgan fingerprint density at radius 1 is 1.00 bits per heavy atom. The molecule has 1 saturated heterocycles. The van der Waals surface area contributed by atoms with Crippen molar-refractivity contribution >= 4 is 5.91 Å². The van der Waals surface area contributed by atoms with Gasteiger partial charge in [0.25, 0.3) is 0 Å². The average Bonchev–Trinajstić information content (AvgIpc) is 3.37. The first-order chi connectivity index (χ1) is 12.7. The van der Waals surface area contributed by atoms with Gasteiger partial charge in [-0.2, -0.15) is 0 Å². The summed E-state index contributed by atoms with van der Waals surface area (Å²) in [6.07, 6.45) is 3.34. The molecule has 1 aliphatic carbocycles. The molecule has 2 atom stereocenters. The van der Waals surface area contributed by atoms with Gasteiger partial charge >= 0.3 is 0 Å². The van der Waals surface area contributed by atoms with Crippen molar-refractivity contribution < 1.29 is 4.79 Å². The Labute approximate surface area is 156 Å². The number of carbonyl (C=O) groups is 1. The van der Waals surface area contributed by atoms with E-state index in [0.29, 0.717) is 0 Å². The minimum absolute atomic E-state index is 0.0617. The van der Waals surface area contributed by atoms with Gasteiger partial charge in [0.2, 0.25) is 5.91 Å². The van der Waals surface area contributed by atoms with E-state index in [1.165, 1.54) is 11.1 Å². The molecule has 2 aliphatic rings. The van der Waals surface area contributed by atoms with Gasteiger partial charge < -0.3 is 10.6 Å². The average molecular weight is 348 g/mol. The minimum Gasteiger partial charge on any atom is -0.352 e. The molecule has 1 aliphatic heterocycles. The van der Waals surface area contributed by atoms with E-state index in [1.807, 2.05) is 12.1 Å². The van der Waals surface area contributed by atoms with Crippen LogP contribution in [-0.2, 0) is 4.79 Å². The highest BCUT2D eigenvalue weighted by Gasteiger charge is 2.57. The van der Waals surface area contributed by atoms with Crippen molar-refractivity contribution in [2.45, 2.75) is 38.1 Å². The molecule has 26 heavy (non-hydrogen) atoms. The number of piperidine rings is 1. The Morgan fingerprint density at radius 3 is 2.08 bits per heavy atom. The molecule has 136 valence electrons. The second-order valence-electron chi connectivity index (χ2n) is 7.97. The summed E-state index contributed by atoms with van der Waals surface area (Å²) in [6, 6.07) is 21.1. The molecule has 0 unspecified atom stereocenters. The number of benzene rings is 2. The van der Waals surface area contributed by atoms with Crippen LogP contribution in [0.4, 0.5) is 0 Å². The van der Waals surface area contributed by atoms with Crippen LogP contribution in [0.15, 0.2) is 60.7 Å². The lowest BCUT2D eigenvalue weighted by Gasteiger charge is -2.27. The van der Waals surface area contributed by atoms with Gasteiger partial charge in [0.1, 0.15) is 0 Å². The number of amides is 1. The second-order valence-corrected chi connectivity index (χ2v) is 7.97. The first-order valence-electron chi connectivity index (χ1n) is 9.81. The van der Waals surface area contributed by atoms with E-state index < -0.39 is 0 Å². The molecule has 3 nitrogen and oxygen atoms in total. The van der Waals surface area contributed by atoms with Crippen molar-refractivity contribution in [3.63, 3.8) is 0 Å². The van der Waals surface area contributed by atoms with Gasteiger partial charge in [-0.05, 0) is 55.8 Å². The highest BCUT2D eigenvalue weighted by atomic mass is 16.2. The van der Waals surface area contributed by atoms with Crippen LogP contribution in [0.25, 0.3) is 0 Å². The lowest BCUT2D eigenvalue weighted by Crippen LogP contribution is -2.40. The third-order valence-corrected chi connectivity index (χ3v) is 6.29. The van der Waals surface area contributed by atoms with Crippen molar-refractivity contribution in [2.24, 2.45) is 11.3 Å². The summed E-state index contributed by atoms with van der Waals surface area (Å²) in [6.45, 7) is 4.24. The zero-order valence-electron chi connectivity index (χ0n) is 15.4. The maximum atomic E-state index is 12.9. The third kappa shape index (κ3) is 3.41. The van der Waals surface area contributed by atoms with Crippen LogP contribution in [0.2, 0.25) is 0 Å². The van der Waals surface area contributed by atoms with Crippen LogP contribution in [0.5, 0.6) is 0 Å². The normalized spacial score (nSPS) is 22.2. The number of rotatable bonds is 5. The highest BCUT2D eigenvalue weighted by Crippen LogP contribution is 2.58. The maximum absolute atomic E-state index is 12.9. The summed E-state index contributed by atoms with van der Waals surface area (Å²) >= 11 is 0. The maximum Gasteiger partial charge on any atom is 0.223 e. The molecule has 0 aromatic heterocycles. The predicted molar refractivity (Wildman–Crippen MR) is 105 cm³/mol. The topological polar surface area (TPSA) is 41.1 Å². The Morgan fingerprint density at radius 2 is 1.54 bits per heavy atom. The largest absolute Gasteiger partial charge is 0.352 e. The van der Waals surface area contributed by atoms with E-state index in [0.717, 1.165) is 32.4 Å². The Balaban J connectivity index is 1.50. The van der Waals surface area contributed by atoms with Crippen molar-refractivity contribution in [3.8, 4) is 0 Å². The van der Waals surface area contributed by atoms with Gasteiger partial charge in [-0.15, -0.1) is 0 Å². The summed E-state index contributed by atoms with van der Waals surface area (Å²) in [7, 11) is 0. The van der Waals surface area contributed by atoms with Crippen molar-refractivity contribution in [1.82, 2.24) is 10.6 Å². The van der Waals surface area contributed by atoms with Crippen LogP contribution in [-0.4, -0.2) is 25.0 Å². The van der Waals surface area contributed by atoms with Crippen LogP contribution in [0, 0.1) is 11.3 Å². The Hall–Kier alpha value is -2.13. The van der Waals surface area contributed by atoms with E-state index in [9.17, 15) is 4.79 Å². The molecule has 2 aromatic carbocycles. The van der Waals surface area contributed by atoms with E-state index in [4.69, 9.17) is 0 Å². The predicted octanol–water partition coefficient (Wildman–Crippen LogP) is 3.71. The zero-order valence-corrected chi connectivity index (χ0v) is 15.4. The summed E-state index contributed by atoms with van der Waals surface area (Å²) in [5.41, 5.74) is 2.78. The number of nitrogens with one attached hydrogen (secondary N) is 2. The quantitative estimate of drug-likeness (QED) is 0.865. The van der Waals surface area contributed by atoms with Crippen molar-refractivity contribution in [1.29, 1.82) is 0 Å². The SMILES string of the molecule is C[C@H](NC(=O)[C@H]1CC12CCNCC2)C(c1ccccc1)c1ccccc1. The van der Waals surface area contributed by atoms with Gasteiger partial charge in [-0.1, -0.05) is 60.7 Å². The molecule has 2 N–H and O–H groups in total. The number of carbonyl (C=O) groups excluding carboxylic acids is 1. The van der Waals surface area contributed by atoms with Crippen LogP contribution in [0.3, 0.4) is 0 Å². The summed E-state index contributed by atoms with van der Waals surface area (Å²) < 4.78 is 0. The Bertz CT molecular complexity index is 698. The molecule has 1 amide bonds. The molecular formula is C23H28N2O. The van der Waals surface area contributed by atoms with Crippen LogP contribution < -0.4 is 10.6 Å². The number of hydrogen-bond donors (Lipinski definition) is 2. The van der Waals surface area contributed by atoms with E-state index in [1.54, 1.807) is 0 Å². The highest BCUT2D eigenvalue weighted by molar-refractivity contribution is 5.83. The fourth-order valence-electron chi connectivity index (χ4n) is 4.69. The lowest BCUT2D eigenvalue weighted by molar-refractivity contribution is -0.124. The molecule has 1 saturated carbocycles. The molecule has 0 bridgehead atoms. The first-order valence-corrected chi connectivity index (χ1v) is 9.81. The number of hydrogen-bond acceptors (Lipinski definition) is 2. The Kier molecular flexibility index (Phi) is 4.82. The molecule has 1 heterocycles. The minimum atomic E-state index is 0.0617. The smallest absolute Gasteiger partial charge is 0.223 e. The lowest BCUT2D eigenvalue weighted by atomic mass is 9.85. The zero-order chi connectivity index (χ0) is 18.0. The first kappa shape index (κ1) is 17.3. The molecule has 1 spiro atoms. The van der Waals surface area contributed by atoms with Gasteiger partial charge in [-0.25, -0.2) is 0 Å². The second kappa shape index (κ2) is 7.24. The molecule has 2 aromatic rings. The molecule has 4 rings (SSSR count). The van der Waals surface area contributed by atoms with Gasteiger partial charge in [0, 0.05) is 17.9 Å². The fourth-order valence-corrected chi connectivity index (χ4v) is 4.69. The summed E-state index contributed by atoms with van der Waals surface area (Å²) in [4.78, 5) is 12.9. The molecule has 3 heteroatoms.